The van der Waals surface area contributed by atoms with Gasteiger partial charge in [0.2, 0.25) is 23.4 Å². The molecule has 5 heterocycles. The minimum atomic E-state index is -5.08. The van der Waals surface area contributed by atoms with Gasteiger partial charge in [-0.3, -0.25) is 24.6 Å². The Morgan fingerprint density at radius 2 is 1.50 bits per heavy atom. The van der Waals surface area contributed by atoms with Gasteiger partial charge in [0.15, 0.2) is 16.6 Å². The smallest absolute Gasteiger partial charge is 0.490 e. The van der Waals surface area contributed by atoms with E-state index in [0.717, 1.165) is 19.6 Å². The molecular formula is C45H50F3N9O12S. The molecule has 2 aromatic carbocycles. The number of carboxylic acids is 1. The molecule has 21 nitrogen and oxygen atoms in total. The van der Waals surface area contributed by atoms with E-state index in [0.29, 0.717) is 99.8 Å². The highest BCUT2D eigenvalue weighted by molar-refractivity contribution is 7.16. The number of carboxylic acid groups (broad SMARTS) is 1. The van der Waals surface area contributed by atoms with Crippen molar-refractivity contribution < 1.29 is 70.0 Å². The van der Waals surface area contributed by atoms with E-state index in [2.05, 4.69) is 25.2 Å². The summed E-state index contributed by atoms with van der Waals surface area (Å²) in [6.45, 7) is 11.5. The molecule has 0 spiro atoms. The number of allylic oxidation sites excluding steroid dienone is 2. The molecule has 0 radical (unpaired) electrons. The van der Waals surface area contributed by atoms with Crippen molar-refractivity contribution in [2.45, 2.75) is 66.2 Å². The molecule has 1 saturated heterocycles. The number of benzene rings is 2. The number of thiazole rings is 1. The molecule has 1 aliphatic heterocycles. The van der Waals surface area contributed by atoms with Crippen LogP contribution in [0.2, 0.25) is 0 Å². The van der Waals surface area contributed by atoms with Gasteiger partial charge in [0.1, 0.15) is 22.5 Å². The number of aliphatic carboxylic acids is 1. The SMILES string of the molecule is CCc1nc(C)oc1C(=O)/N=c1\sc2cc(C(=O)OC)cc(OC)c2n1C/C=C/Cn1c(NC(=O)c2oc(C)nc2CC)nc2cc(C(N)=O)cc(OCCCN3CCOCC3)c21.O=C(O)C(F)(F)F. The first kappa shape index (κ1) is 52.0. The summed E-state index contributed by atoms with van der Waals surface area (Å²) in [5, 5.41) is 10.0. The summed E-state index contributed by atoms with van der Waals surface area (Å²) in [5.41, 5.74) is 8.65. The van der Waals surface area contributed by atoms with Crippen molar-refractivity contribution in [3.63, 3.8) is 0 Å². The average Bonchev–Trinajstić information content (AvgIpc) is 4.10. The quantitative estimate of drug-likeness (QED) is 0.0566. The molecular weight excluding hydrogens is 948 g/mol. The van der Waals surface area contributed by atoms with Crippen LogP contribution >= 0.6 is 11.3 Å². The fourth-order valence-corrected chi connectivity index (χ4v) is 8.38. The van der Waals surface area contributed by atoms with E-state index in [1.54, 1.807) is 47.2 Å². The molecule has 70 heavy (non-hydrogen) atoms. The molecule has 0 atom stereocenters. The number of hydrogen-bond donors (Lipinski definition) is 3. The Labute approximate surface area is 400 Å². The first-order chi connectivity index (χ1) is 33.4. The number of nitrogens with two attached hydrogens (primary N) is 1. The molecule has 1 fully saturated rings. The number of methoxy groups -OCH3 is 2. The van der Waals surface area contributed by atoms with Crippen LogP contribution < -0.4 is 25.3 Å². The number of esters is 1. The lowest BCUT2D eigenvalue weighted by atomic mass is 10.1. The van der Waals surface area contributed by atoms with Gasteiger partial charge in [-0.1, -0.05) is 37.3 Å². The van der Waals surface area contributed by atoms with Gasteiger partial charge >= 0.3 is 24.0 Å². The Kier molecular flexibility index (Phi) is 16.9. The summed E-state index contributed by atoms with van der Waals surface area (Å²) in [5.74, 6) is -3.50. The number of nitrogens with zero attached hydrogens (tertiary/aromatic N) is 7. The topological polar surface area (TPSA) is 271 Å². The lowest BCUT2D eigenvalue weighted by Gasteiger charge is -2.26. The number of oxazole rings is 2. The van der Waals surface area contributed by atoms with Crippen LogP contribution in [0.4, 0.5) is 19.1 Å². The molecule has 0 saturated carbocycles. The number of fused-ring (bicyclic) bond motifs is 2. The zero-order chi connectivity index (χ0) is 50.9. The second-order valence-electron chi connectivity index (χ2n) is 15.3. The van der Waals surface area contributed by atoms with Crippen LogP contribution in [0, 0.1) is 13.8 Å². The van der Waals surface area contributed by atoms with Gasteiger partial charge < -0.3 is 47.8 Å². The van der Waals surface area contributed by atoms with Crippen molar-refractivity contribution in [2.75, 3.05) is 59.0 Å². The molecule has 25 heteroatoms. The van der Waals surface area contributed by atoms with Gasteiger partial charge in [-0.25, -0.2) is 24.5 Å². The molecule has 4 N–H and O–H groups in total. The summed E-state index contributed by atoms with van der Waals surface area (Å²) < 4.78 is 69.8. The zero-order valence-electron chi connectivity index (χ0n) is 38.9. The van der Waals surface area contributed by atoms with Crippen molar-refractivity contribution >= 4 is 68.2 Å². The number of imidazole rings is 1. The van der Waals surface area contributed by atoms with E-state index in [1.807, 2.05) is 26.0 Å². The Morgan fingerprint density at radius 3 is 2.10 bits per heavy atom. The number of alkyl halides is 3. The number of morpholine rings is 1. The van der Waals surface area contributed by atoms with Gasteiger partial charge in [0, 0.05) is 52.1 Å². The number of primary amides is 1. The number of aryl methyl sites for hydroxylation is 4. The number of carbonyl (C=O) groups is 5. The van der Waals surface area contributed by atoms with Crippen molar-refractivity contribution in [1.29, 1.82) is 0 Å². The number of anilines is 1. The Morgan fingerprint density at radius 1 is 0.886 bits per heavy atom. The molecule has 4 aromatic heterocycles. The third-order valence-corrected chi connectivity index (χ3v) is 11.6. The number of hydrogen-bond acceptors (Lipinski definition) is 16. The van der Waals surface area contributed by atoms with Crippen LogP contribution in [0.5, 0.6) is 11.5 Å². The Bertz CT molecular complexity index is 3020. The normalized spacial score (nSPS) is 13.4. The molecule has 7 rings (SSSR count). The third kappa shape index (κ3) is 12.3. The number of aromatic nitrogens is 5. The summed E-state index contributed by atoms with van der Waals surface area (Å²) in [7, 11) is 2.77. The molecule has 0 aliphatic carbocycles. The highest BCUT2D eigenvalue weighted by Gasteiger charge is 2.38. The van der Waals surface area contributed by atoms with Crippen molar-refractivity contribution in [1.82, 2.24) is 29.0 Å². The van der Waals surface area contributed by atoms with Crippen molar-refractivity contribution in [3.8, 4) is 11.5 Å². The summed E-state index contributed by atoms with van der Waals surface area (Å²) in [6.07, 6.45) is 0.251. The number of ether oxygens (including phenoxy) is 4. The average molecular weight is 998 g/mol. The Hall–Kier alpha value is -7.38. The first-order valence-electron chi connectivity index (χ1n) is 21.7. The van der Waals surface area contributed by atoms with Crippen LogP contribution in [0.25, 0.3) is 21.3 Å². The summed E-state index contributed by atoms with van der Waals surface area (Å²) in [4.78, 5) is 82.0. The van der Waals surface area contributed by atoms with Gasteiger partial charge in [-0.15, -0.1) is 0 Å². The highest BCUT2D eigenvalue weighted by Crippen LogP contribution is 2.33. The minimum Gasteiger partial charge on any atom is -0.494 e. The molecule has 3 amide bonds. The zero-order valence-corrected chi connectivity index (χ0v) is 39.7. The maximum Gasteiger partial charge on any atom is 0.490 e. The number of rotatable bonds is 17. The minimum absolute atomic E-state index is 0.0449. The van der Waals surface area contributed by atoms with Crippen molar-refractivity contribution in [2.24, 2.45) is 10.7 Å². The van der Waals surface area contributed by atoms with E-state index >= 15 is 0 Å². The van der Waals surface area contributed by atoms with Crippen molar-refractivity contribution in [3.05, 3.63) is 87.0 Å². The van der Waals surface area contributed by atoms with Gasteiger partial charge in [-0.05, 0) is 43.5 Å². The van der Waals surface area contributed by atoms with Gasteiger partial charge in [-0.2, -0.15) is 18.2 Å². The Balaban J connectivity index is 0.00000107. The lowest BCUT2D eigenvalue weighted by Crippen LogP contribution is -2.37. The molecule has 0 unspecified atom stereocenters. The summed E-state index contributed by atoms with van der Waals surface area (Å²) in [6, 6.07) is 6.35. The summed E-state index contributed by atoms with van der Waals surface area (Å²) >= 11 is 1.18. The second-order valence-corrected chi connectivity index (χ2v) is 16.3. The largest absolute Gasteiger partial charge is 0.494 e. The standard InChI is InChI=1S/C43H49N9O10S.C2HF3O2/c1-7-28-36(61-24(3)45-28)39(54)48-42-47-30-20-26(38(44)53)21-32(60-17-11-12-50-15-18-59-19-16-50)34(30)51(42)13-9-10-14-52-35-31(57-5)22-27(41(56)58-6)23-33(35)63-43(52)49-40(55)37-29(8-2)46-25(4)62-37;3-2(4,5)1(6)7/h9-10,20-23H,7-8,11-19H2,1-6H3,(H2,44,53)(H,47,48,54);(H,6,7)/b10-9+,49-43-;. The number of nitrogens with one attached hydrogen (secondary N) is 1. The van der Waals surface area contributed by atoms with Gasteiger partial charge in [0.05, 0.1) is 61.2 Å². The van der Waals surface area contributed by atoms with Crippen LogP contribution in [-0.2, 0) is 40.2 Å². The van der Waals surface area contributed by atoms with Crippen LogP contribution in [-0.4, -0.2) is 124 Å². The van der Waals surface area contributed by atoms with Gasteiger partial charge in [0.25, 0.3) is 5.91 Å². The monoisotopic (exact) mass is 997 g/mol. The van der Waals surface area contributed by atoms with E-state index in [1.165, 1.54) is 25.6 Å². The predicted molar refractivity (Wildman–Crippen MR) is 245 cm³/mol. The fraction of sp³-hybridized carbons (Fsp3) is 0.400. The number of halogens is 3. The fourth-order valence-electron chi connectivity index (χ4n) is 7.29. The second kappa shape index (κ2) is 22.8. The number of amides is 3. The van der Waals surface area contributed by atoms with E-state index < -0.39 is 35.8 Å². The van der Waals surface area contributed by atoms with Crippen LogP contribution in [0.3, 0.4) is 0 Å². The molecule has 0 bridgehead atoms. The lowest BCUT2D eigenvalue weighted by molar-refractivity contribution is -0.192. The first-order valence-corrected chi connectivity index (χ1v) is 22.5. The van der Waals surface area contributed by atoms with E-state index in [-0.39, 0.29) is 41.7 Å². The molecule has 6 aromatic rings. The highest BCUT2D eigenvalue weighted by atomic mass is 32.1. The molecule has 1 aliphatic rings. The van der Waals surface area contributed by atoms with E-state index in [9.17, 15) is 32.3 Å². The third-order valence-electron chi connectivity index (χ3n) is 10.5. The van der Waals surface area contributed by atoms with E-state index in [4.69, 9.17) is 48.4 Å². The maximum absolute atomic E-state index is 13.8. The molecule has 374 valence electrons. The number of carbonyl (C=O) groups excluding carboxylic acids is 4. The predicted octanol–water partition coefficient (Wildman–Crippen LogP) is 5.65. The van der Waals surface area contributed by atoms with Crippen LogP contribution in [0.15, 0.2) is 50.2 Å². The van der Waals surface area contributed by atoms with Crippen LogP contribution in [0.1, 0.15) is 85.3 Å². The maximum atomic E-state index is 13.8.